The monoisotopic (exact) mass is 336 g/mol. The Morgan fingerprint density at radius 2 is 2.08 bits per heavy atom. The molecule has 0 aliphatic carbocycles. The van der Waals surface area contributed by atoms with Gasteiger partial charge >= 0.3 is 0 Å². The van der Waals surface area contributed by atoms with Gasteiger partial charge in [-0.2, -0.15) is 0 Å². The van der Waals surface area contributed by atoms with Crippen molar-refractivity contribution >= 4 is 17.2 Å². The summed E-state index contributed by atoms with van der Waals surface area (Å²) < 4.78 is 7.18. The van der Waals surface area contributed by atoms with Gasteiger partial charge in [-0.25, -0.2) is 4.98 Å². The van der Waals surface area contributed by atoms with E-state index in [0.717, 1.165) is 33.7 Å². The molecule has 4 rings (SSSR count). The summed E-state index contributed by atoms with van der Waals surface area (Å²) in [4.78, 5) is 19.0. The molecular formula is C19H20N4O2. The van der Waals surface area contributed by atoms with Gasteiger partial charge in [-0.15, -0.1) is 0 Å². The van der Waals surface area contributed by atoms with E-state index in [-0.39, 0.29) is 5.91 Å². The Labute approximate surface area is 146 Å². The summed E-state index contributed by atoms with van der Waals surface area (Å²) in [5.41, 5.74) is 5.76. The third-order valence-electron chi connectivity index (χ3n) is 4.68. The highest BCUT2D eigenvalue weighted by atomic mass is 16.5. The van der Waals surface area contributed by atoms with Crippen LogP contribution in [0, 0.1) is 0 Å². The largest absolute Gasteiger partial charge is 0.387 e. The van der Waals surface area contributed by atoms with Gasteiger partial charge in [0.15, 0.2) is 0 Å². The molecule has 0 bridgehead atoms. The number of benzene rings is 1. The minimum absolute atomic E-state index is 0.0682. The number of fused-ring (bicyclic) bond motifs is 2. The molecule has 1 amide bonds. The number of pyridine rings is 1. The maximum absolute atomic E-state index is 12.6. The second kappa shape index (κ2) is 6.22. The molecule has 25 heavy (non-hydrogen) atoms. The highest BCUT2D eigenvalue weighted by Crippen LogP contribution is 2.33. The van der Waals surface area contributed by atoms with E-state index < -0.39 is 0 Å². The number of nitrogens with one attached hydrogen (secondary N) is 1. The zero-order chi connectivity index (χ0) is 17.4. The number of hydrogen-bond acceptors (Lipinski definition) is 4. The lowest BCUT2D eigenvalue weighted by molar-refractivity contribution is 0.0719. The molecule has 0 unspecified atom stereocenters. The van der Waals surface area contributed by atoms with Crippen LogP contribution in [-0.4, -0.2) is 47.5 Å². The molecular weight excluding hydrogens is 316 g/mol. The van der Waals surface area contributed by atoms with Crippen molar-refractivity contribution in [2.45, 2.75) is 6.54 Å². The van der Waals surface area contributed by atoms with Crippen molar-refractivity contribution in [3.8, 4) is 11.3 Å². The molecule has 3 heterocycles. The predicted molar refractivity (Wildman–Crippen MR) is 96.8 cm³/mol. The number of nitrogens with zero attached hydrogens (tertiary/aromatic N) is 3. The van der Waals surface area contributed by atoms with E-state index in [1.165, 1.54) is 0 Å². The number of methoxy groups -OCH3 is 1. The van der Waals surface area contributed by atoms with Crippen LogP contribution in [0.25, 0.3) is 16.9 Å². The second-order valence-electron chi connectivity index (χ2n) is 6.09. The van der Waals surface area contributed by atoms with E-state index >= 15 is 0 Å². The summed E-state index contributed by atoms with van der Waals surface area (Å²) in [5, 5.41) is 3.15. The smallest absolute Gasteiger partial charge is 0.254 e. The van der Waals surface area contributed by atoms with Crippen LogP contribution in [0.2, 0.25) is 0 Å². The Balaban J connectivity index is 1.81. The third kappa shape index (κ3) is 2.55. The van der Waals surface area contributed by atoms with Gasteiger partial charge in [0.05, 0.1) is 24.2 Å². The van der Waals surface area contributed by atoms with Crippen LogP contribution in [0.5, 0.6) is 0 Å². The Hall–Kier alpha value is -2.86. The average Bonchev–Trinajstić information content (AvgIpc) is 3.20. The first-order valence-electron chi connectivity index (χ1n) is 8.28. The average molecular weight is 336 g/mol. The fourth-order valence-corrected chi connectivity index (χ4v) is 3.34. The number of carbonyl (C=O) groups is 1. The van der Waals surface area contributed by atoms with Crippen molar-refractivity contribution in [2.75, 3.05) is 32.6 Å². The van der Waals surface area contributed by atoms with E-state index in [2.05, 4.69) is 20.8 Å². The van der Waals surface area contributed by atoms with Crippen LogP contribution >= 0.6 is 0 Å². The lowest BCUT2D eigenvalue weighted by Crippen LogP contribution is -2.27. The maximum atomic E-state index is 12.6. The van der Waals surface area contributed by atoms with Crippen molar-refractivity contribution < 1.29 is 9.53 Å². The minimum Gasteiger partial charge on any atom is -0.387 e. The topological polar surface area (TPSA) is 58.9 Å². The second-order valence-corrected chi connectivity index (χ2v) is 6.09. The quantitative estimate of drug-likeness (QED) is 0.778. The van der Waals surface area contributed by atoms with Gasteiger partial charge < -0.3 is 15.0 Å². The van der Waals surface area contributed by atoms with Crippen LogP contribution in [0.3, 0.4) is 0 Å². The van der Waals surface area contributed by atoms with E-state index in [1.807, 2.05) is 48.6 Å². The molecule has 1 aliphatic heterocycles. The molecule has 1 N–H and O–H groups in total. The first-order valence-corrected chi connectivity index (χ1v) is 8.28. The predicted octanol–water partition coefficient (Wildman–Crippen LogP) is 2.65. The lowest BCUT2D eigenvalue weighted by atomic mass is 10.0. The molecule has 3 aromatic rings. The number of carbonyl (C=O) groups excluding carboxylic acids is 1. The standard InChI is InChI=1S/C19H20N4O2/c1-20-13-6-7-18-21-10-17(23(18)11-13)14-4-3-5-15-16(14)12-22(19(15)24)8-9-25-2/h3-7,10-11,20H,8-9,12H2,1-2H3. The maximum Gasteiger partial charge on any atom is 0.254 e. The molecule has 6 heteroatoms. The van der Waals surface area contributed by atoms with Gasteiger partial charge in [-0.1, -0.05) is 12.1 Å². The number of anilines is 1. The van der Waals surface area contributed by atoms with Gasteiger partial charge in [0, 0.05) is 44.6 Å². The van der Waals surface area contributed by atoms with Gasteiger partial charge in [-0.05, 0) is 23.8 Å². The summed E-state index contributed by atoms with van der Waals surface area (Å²) in [6.45, 7) is 1.74. The summed E-state index contributed by atoms with van der Waals surface area (Å²) in [7, 11) is 3.54. The van der Waals surface area contributed by atoms with Crippen LogP contribution in [0.1, 0.15) is 15.9 Å². The Bertz CT molecular complexity index is 948. The molecule has 2 aromatic heterocycles. The van der Waals surface area contributed by atoms with Gasteiger partial charge in [0.25, 0.3) is 5.91 Å². The minimum atomic E-state index is 0.0682. The fraction of sp³-hybridized carbons (Fsp3) is 0.263. The molecule has 0 saturated carbocycles. The van der Waals surface area contributed by atoms with E-state index in [9.17, 15) is 4.79 Å². The zero-order valence-corrected chi connectivity index (χ0v) is 14.3. The van der Waals surface area contributed by atoms with Crippen LogP contribution in [-0.2, 0) is 11.3 Å². The van der Waals surface area contributed by atoms with Gasteiger partial charge in [0.1, 0.15) is 5.65 Å². The van der Waals surface area contributed by atoms with E-state index in [1.54, 1.807) is 7.11 Å². The number of imidazole rings is 1. The lowest BCUT2D eigenvalue weighted by Gasteiger charge is -2.14. The molecule has 0 spiro atoms. The molecule has 1 aliphatic rings. The number of amides is 1. The molecule has 0 fully saturated rings. The van der Waals surface area contributed by atoms with Crippen molar-refractivity contribution in [1.82, 2.24) is 14.3 Å². The molecule has 1 aromatic carbocycles. The van der Waals surface area contributed by atoms with Crippen LogP contribution < -0.4 is 5.32 Å². The molecule has 0 saturated heterocycles. The summed E-state index contributed by atoms with van der Waals surface area (Å²) in [6, 6.07) is 9.87. The Kier molecular flexibility index (Phi) is 3.89. The van der Waals surface area contributed by atoms with Crippen LogP contribution in [0.4, 0.5) is 5.69 Å². The number of aromatic nitrogens is 2. The molecule has 0 radical (unpaired) electrons. The van der Waals surface area contributed by atoms with Gasteiger partial charge in [0.2, 0.25) is 0 Å². The fourth-order valence-electron chi connectivity index (χ4n) is 3.34. The Morgan fingerprint density at radius 1 is 1.24 bits per heavy atom. The summed E-state index contributed by atoms with van der Waals surface area (Å²) in [6.07, 6.45) is 3.89. The van der Waals surface area contributed by atoms with Crippen molar-refractivity contribution in [3.63, 3.8) is 0 Å². The van der Waals surface area contributed by atoms with Crippen molar-refractivity contribution in [2.24, 2.45) is 0 Å². The van der Waals surface area contributed by atoms with E-state index in [4.69, 9.17) is 4.74 Å². The van der Waals surface area contributed by atoms with Crippen molar-refractivity contribution in [1.29, 1.82) is 0 Å². The number of ether oxygens (including phenoxy) is 1. The van der Waals surface area contributed by atoms with Gasteiger partial charge in [-0.3, -0.25) is 9.20 Å². The summed E-state index contributed by atoms with van der Waals surface area (Å²) >= 11 is 0. The first kappa shape index (κ1) is 15.7. The number of hydrogen-bond donors (Lipinski definition) is 1. The third-order valence-corrected chi connectivity index (χ3v) is 4.68. The zero-order valence-electron chi connectivity index (χ0n) is 14.3. The molecule has 6 nitrogen and oxygen atoms in total. The number of rotatable bonds is 5. The first-order chi connectivity index (χ1) is 12.2. The SMILES string of the molecule is CNc1ccc2ncc(-c3cccc4c3CN(CCOC)C4=O)n2c1. The van der Waals surface area contributed by atoms with Crippen LogP contribution in [0.15, 0.2) is 42.7 Å². The Morgan fingerprint density at radius 3 is 2.88 bits per heavy atom. The van der Waals surface area contributed by atoms with E-state index in [0.29, 0.717) is 19.7 Å². The summed E-state index contributed by atoms with van der Waals surface area (Å²) in [5.74, 6) is 0.0682. The van der Waals surface area contributed by atoms with Crippen molar-refractivity contribution in [3.05, 3.63) is 53.9 Å². The molecule has 0 atom stereocenters. The normalized spacial score (nSPS) is 13.5. The molecule has 128 valence electrons. The highest BCUT2D eigenvalue weighted by Gasteiger charge is 2.29. The highest BCUT2D eigenvalue weighted by molar-refractivity contribution is 6.00.